The molecule has 0 N–H and O–H groups in total. The van der Waals surface area contributed by atoms with Gasteiger partial charge in [0.15, 0.2) is 11.5 Å². The first kappa shape index (κ1) is 19.6. The van der Waals surface area contributed by atoms with Gasteiger partial charge in [0.05, 0.1) is 5.52 Å². The minimum Gasteiger partial charge on any atom is -0.413 e. The molecule has 6 nitrogen and oxygen atoms in total. The Kier molecular flexibility index (Phi) is 5.13. The summed E-state index contributed by atoms with van der Waals surface area (Å²) in [5.41, 5.74) is -1.95. The van der Waals surface area contributed by atoms with Crippen molar-refractivity contribution in [2.75, 3.05) is 12.9 Å². The highest BCUT2D eigenvalue weighted by molar-refractivity contribution is 7.99. The lowest BCUT2D eigenvalue weighted by Crippen LogP contribution is -2.32. The van der Waals surface area contributed by atoms with Crippen molar-refractivity contribution in [3.63, 3.8) is 0 Å². The number of pyridine rings is 2. The maximum Gasteiger partial charge on any atom is 0.435 e. The molecule has 3 aromatic heterocycles. The van der Waals surface area contributed by atoms with Gasteiger partial charge in [0.2, 0.25) is 0 Å². The lowest BCUT2D eigenvalue weighted by molar-refractivity contribution is -0.151. The molecule has 3 rings (SSSR count). The molecule has 0 atom stereocenters. The summed E-state index contributed by atoms with van der Waals surface area (Å²) >= 11 is 7.47. The molecule has 0 fully saturated rings. The zero-order valence-corrected chi connectivity index (χ0v) is 16.0. The fourth-order valence-electron chi connectivity index (χ4n) is 2.71. The van der Waals surface area contributed by atoms with Crippen molar-refractivity contribution in [2.45, 2.75) is 18.0 Å². The predicted octanol–water partition coefficient (Wildman–Crippen LogP) is 3.64. The number of fused-ring (bicyclic) bond motifs is 1. The van der Waals surface area contributed by atoms with E-state index in [1.807, 2.05) is 6.92 Å². The van der Waals surface area contributed by atoms with Crippen LogP contribution in [0.25, 0.3) is 22.6 Å². The third-order valence-electron chi connectivity index (χ3n) is 3.81. The van der Waals surface area contributed by atoms with Crippen LogP contribution in [0.1, 0.15) is 12.6 Å². The fraction of sp³-hybridized carbons (Fsp3) is 0.312. The molecule has 0 aliphatic rings. The molecule has 0 bridgehead atoms. The zero-order chi connectivity index (χ0) is 19.9. The van der Waals surface area contributed by atoms with Gasteiger partial charge in [-0.05, 0) is 24.0 Å². The van der Waals surface area contributed by atoms with E-state index in [0.717, 1.165) is 23.8 Å². The number of aromatic nitrogens is 4. The summed E-state index contributed by atoms with van der Waals surface area (Å²) in [5, 5.41) is 0.211. The van der Waals surface area contributed by atoms with Crippen LogP contribution in [0.4, 0.5) is 13.2 Å². The van der Waals surface area contributed by atoms with Gasteiger partial charge in [0.25, 0.3) is 0 Å². The smallest absolute Gasteiger partial charge is 0.413 e. The second-order valence-electron chi connectivity index (χ2n) is 5.45. The van der Waals surface area contributed by atoms with Crippen molar-refractivity contribution in [3.05, 3.63) is 39.4 Å². The minimum absolute atomic E-state index is 0.0333. The Morgan fingerprint density at radius 3 is 2.59 bits per heavy atom. The number of hydrogen-bond acceptors (Lipinski definition) is 5. The molecular weight excluding hydrogens is 405 g/mol. The van der Waals surface area contributed by atoms with Crippen molar-refractivity contribution < 1.29 is 18.0 Å². The zero-order valence-electron chi connectivity index (χ0n) is 14.5. The van der Waals surface area contributed by atoms with Crippen molar-refractivity contribution in [1.82, 2.24) is 19.3 Å². The lowest BCUT2D eigenvalue weighted by atomic mass is 10.3. The third kappa shape index (κ3) is 3.39. The highest BCUT2D eigenvalue weighted by atomic mass is 35.5. The molecule has 27 heavy (non-hydrogen) atoms. The highest BCUT2D eigenvalue weighted by Gasteiger charge is 2.37. The van der Waals surface area contributed by atoms with Crippen molar-refractivity contribution in [2.24, 2.45) is 7.05 Å². The Hall–Kier alpha value is -2.20. The predicted molar refractivity (Wildman–Crippen MR) is 97.1 cm³/mol. The summed E-state index contributed by atoms with van der Waals surface area (Å²) in [6.07, 6.45) is -4.78. The summed E-state index contributed by atoms with van der Waals surface area (Å²) < 4.78 is 41.5. The van der Waals surface area contributed by atoms with Crippen LogP contribution in [0.15, 0.2) is 27.9 Å². The van der Waals surface area contributed by atoms with Gasteiger partial charge >= 0.3 is 11.7 Å². The van der Waals surface area contributed by atoms with Gasteiger partial charge in [0, 0.05) is 11.9 Å². The first-order chi connectivity index (χ1) is 12.7. The topological polar surface area (TPSA) is 61.9 Å². The Bertz CT molecular complexity index is 1080. The Balaban J connectivity index is 2.36. The maximum atomic E-state index is 13.3. The van der Waals surface area contributed by atoms with Gasteiger partial charge in [0.1, 0.15) is 23.5 Å². The molecule has 11 heteroatoms. The number of rotatable bonds is 4. The monoisotopic (exact) mass is 418 g/mol. The van der Waals surface area contributed by atoms with Crippen molar-refractivity contribution in [1.29, 1.82) is 0 Å². The number of halogens is 4. The van der Waals surface area contributed by atoms with Crippen LogP contribution in [-0.4, -0.2) is 32.1 Å². The fourth-order valence-corrected chi connectivity index (χ4v) is 3.61. The van der Waals surface area contributed by atoms with E-state index in [2.05, 4.69) is 14.8 Å². The van der Waals surface area contributed by atoms with E-state index < -0.39 is 17.4 Å². The minimum atomic E-state index is -4.78. The van der Waals surface area contributed by atoms with Crippen LogP contribution in [0.3, 0.4) is 0 Å². The number of thioether (sulfide) groups is 1. The Morgan fingerprint density at radius 1 is 1.30 bits per heavy atom. The molecule has 0 unspecified atom stereocenters. The van der Waals surface area contributed by atoms with Crippen LogP contribution < -0.4 is 10.4 Å². The maximum absolute atomic E-state index is 13.3. The van der Waals surface area contributed by atoms with E-state index >= 15 is 0 Å². The highest BCUT2D eigenvalue weighted by Crippen LogP contribution is 2.33. The van der Waals surface area contributed by atoms with E-state index in [9.17, 15) is 18.0 Å². The van der Waals surface area contributed by atoms with Crippen LogP contribution in [0.2, 0.25) is 5.15 Å². The molecule has 0 amide bonds. The second kappa shape index (κ2) is 7.08. The van der Waals surface area contributed by atoms with E-state index in [1.165, 1.54) is 23.4 Å². The molecule has 0 aliphatic carbocycles. The Labute approximate surface area is 160 Å². The molecule has 0 saturated carbocycles. The molecule has 3 aromatic rings. The van der Waals surface area contributed by atoms with Crippen LogP contribution in [0.5, 0.6) is 0 Å². The summed E-state index contributed by atoms with van der Waals surface area (Å²) in [6, 6.07) is 4.15. The third-order valence-corrected chi connectivity index (χ3v) is 4.95. The largest absolute Gasteiger partial charge is 0.435 e. The number of alkyl halides is 3. The summed E-state index contributed by atoms with van der Waals surface area (Å²) in [4.78, 5) is 26.5. The molecule has 0 aromatic carbocycles. The molecule has 3 heterocycles. The number of aryl methyl sites for hydroxylation is 1. The summed E-state index contributed by atoms with van der Waals surface area (Å²) in [7, 11) is 2.52. The van der Waals surface area contributed by atoms with Gasteiger partial charge in [-0.1, -0.05) is 18.5 Å². The average Bonchev–Trinajstić information content (AvgIpc) is 2.92. The van der Waals surface area contributed by atoms with Crippen LogP contribution in [0, 0.1) is 0 Å². The molecule has 0 spiro atoms. The summed E-state index contributed by atoms with van der Waals surface area (Å²) in [6.45, 7) is 1.95. The van der Waals surface area contributed by atoms with Crippen molar-refractivity contribution >= 4 is 34.4 Å². The van der Waals surface area contributed by atoms with Gasteiger partial charge in [-0.15, -0.1) is 16.5 Å². The van der Waals surface area contributed by atoms with Crippen molar-refractivity contribution in [3.8, 4) is 11.5 Å². The normalized spacial score (nSPS) is 12.0. The van der Waals surface area contributed by atoms with E-state index in [4.69, 9.17) is 11.6 Å². The molecule has 0 radical (unpaired) electrons. The SMILES string of the molecule is CCSc1ccc(Cl)nc1-c1nc2cc(C(F)(F)F)n(OC)c(=O)c2n1C. The quantitative estimate of drug-likeness (QED) is 0.478. The molecule has 0 saturated heterocycles. The summed E-state index contributed by atoms with van der Waals surface area (Å²) in [5.74, 6) is 0.983. The number of nitrogens with zero attached hydrogens (tertiary/aromatic N) is 4. The first-order valence-corrected chi connectivity index (χ1v) is 9.09. The molecule has 0 aliphatic heterocycles. The van der Waals surface area contributed by atoms with Gasteiger partial charge in [-0.2, -0.15) is 13.2 Å². The molecule has 144 valence electrons. The van der Waals surface area contributed by atoms with E-state index in [0.29, 0.717) is 5.69 Å². The average molecular weight is 419 g/mol. The molecular formula is C16H14ClF3N4O2S. The van der Waals surface area contributed by atoms with Gasteiger partial charge in [-0.3, -0.25) is 4.79 Å². The standard InChI is InChI=1S/C16H14ClF3N4O2S/c1-4-27-9-5-6-11(17)22-12(9)14-21-8-7-10(16(18,19)20)24(26-3)15(25)13(8)23(14)2/h5-7H,4H2,1-3H3. The second-order valence-corrected chi connectivity index (χ2v) is 7.14. The van der Waals surface area contributed by atoms with E-state index in [1.54, 1.807) is 12.1 Å². The number of hydrogen-bond donors (Lipinski definition) is 0. The Morgan fingerprint density at radius 2 is 2.00 bits per heavy atom. The van der Waals surface area contributed by atoms with E-state index in [-0.39, 0.29) is 26.7 Å². The first-order valence-electron chi connectivity index (χ1n) is 7.72. The van der Waals surface area contributed by atoms with Crippen LogP contribution >= 0.6 is 23.4 Å². The van der Waals surface area contributed by atoms with Crippen LogP contribution in [-0.2, 0) is 13.2 Å². The number of imidazole rings is 1. The van der Waals surface area contributed by atoms with Gasteiger partial charge in [-0.25, -0.2) is 9.97 Å². The lowest BCUT2D eigenvalue weighted by Gasteiger charge is -2.13. The van der Waals surface area contributed by atoms with Gasteiger partial charge < -0.3 is 9.40 Å².